The zero-order chi connectivity index (χ0) is 21.1. The van der Waals surface area contributed by atoms with Gasteiger partial charge in [-0.15, -0.1) is 10.2 Å². The van der Waals surface area contributed by atoms with Crippen LogP contribution in [0.4, 0.5) is 13.2 Å². The summed E-state index contributed by atoms with van der Waals surface area (Å²) in [4.78, 5) is 4.55. The van der Waals surface area contributed by atoms with Crippen molar-refractivity contribution in [3.8, 4) is 0 Å². The number of hydrogen-bond acceptors (Lipinski definition) is 3. The van der Waals surface area contributed by atoms with Crippen molar-refractivity contribution in [1.29, 1.82) is 0 Å². The largest absolute Gasteiger partial charge is 0.416 e. The third-order valence-corrected chi connectivity index (χ3v) is 4.56. The second kappa shape index (κ2) is 11.4. The fourth-order valence-corrected chi connectivity index (χ4v) is 2.87. The summed E-state index contributed by atoms with van der Waals surface area (Å²) in [5.41, 5.74) is 0.0914. The molecule has 6 nitrogen and oxygen atoms in total. The van der Waals surface area contributed by atoms with Crippen LogP contribution in [0.3, 0.4) is 0 Å². The highest BCUT2D eigenvalue weighted by molar-refractivity contribution is 5.79. The molecule has 29 heavy (non-hydrogen) atoms. The van der Waals surface area contributed by atoms with E-state index in [4.69, 9.17) is 0 Å². The minimum Gasteiger partial charge on any atom is -0.357 e. The van der Waals surface area contributed by atoms with Crippen LogP contribution in [0.2, 0.25) is 0 Å². The van der Waals surface area contributed by atoms with E-state index in [1.807, 2.05) is 18.4 Å². The second-order valence-corrected chi connectivity index (χ2v) is 6.91. The first-order valence-electron chi connectivity index (χ1n) is 9.92. The Kier molecular flexibility index (Phi) is 8.95. The van der Waals surface area contributed by atoms with Gasteiger partial charge in [0.25, 0.3) is 0 Å². The van der Waals surface area contributed by atoms with Gasteiger partial charge >= 0.3 is 6.18 Å². The third kappa shape index (κ3) is 8.13. The Morgan fingerprint density at radius 2 is 1.93 bits per heavy atom. The zero-order valence-corrected chi connectivity index (χ0v) is 16.9. The Morgan fingerprint density at radius 3 is 2.62 bits per heavy atom. The number of nitrogens with one attached hydrogen (secondary N) is 2. The van der Waals surface area contributed by atoms with Crippen molar-refractivity contribution in [2.24, 2.45) is 4.99 Å². The normalized spacial score (nSPS) is 13.3. The summed E-state index contributed by atoms with van der Waals surface area (Å²) in [6.07, 6.45) is 1.70. The number of benzene rings is 1. The Morgan fingerprint density at radius 1 is 1.17 bits per heavy atom. The molecule has 2 N–H and O–H groups in total. The van der Waals surface area contributed by atoms with E-state index in [0.717, 1.165) is 38.0 Å². The SMILES string of the molecule is CCNC(=NCCCCn1cnnc1)NCCC(C)c1cccc(C(F)(F)F)c1. The lowest BCUT2D eigenvalue weighted by Crippen LogP contribution is -2.38. The number of hydrogen-bond donors (Lipinski definition) is 2. The number of nitrogens with zero attached hydrogens (tertiary/aromatic N) is 4. The Hall–Kier alpha value is -2.58. The lowest BCUT2D eigenvalue weighted by Gasteiger charge is -2.16. The maximum absolute atomic E-state index is 12.9. The van der Waals surface area contributed by atoms with Gasteiger partial charge in [0.05, 0.1) is 5.56 Å². The highest BCUT2D eigenvalue weighted by atomic mass is 19.4. The van der Waals surface area contributed by atoms with Crippen LogP contribution in [0.25, 0.3) is 0 Å². The maximum Gasteiger partial charge on any atom is 0.416 e. The van der Waals surface area contributed by atoms with E-state index in [2.05, 4.69) is 25.8 Å². The molecule has 1 aromatic heterocycles. The summed E-state index contributed by atoms with van der Waals surface area (Å²) >= 11 is 0. The van der Waals surface area contributed by atoms with Crippen molar-refractivity contribution < 1.29 is 13.2 Å². The van der Waals surface area contributed by atoms with Crippen LogP contribution in [-0.4, -0.2) is 40.4 Å². The van der Waals surface area contributed by atoms with Gasteiger partial charge in [-0.25, -0.2) is 0 Å². The quantitative estimate of drug-likeness (QED) is 0.355. The first-order valence-corrected chi connectivity index (χ1v) is 9.92. The van der Waals surface area contributed by atoms with Crippen LogP contribution >= 0.6 is 0 Å². The molecule has 0 aliphatic heterocycles. The molecule has 1 heterocycles. The van der Waals surface area contributed by atoms with E-state index >= 15 is 0 Å². The van der Waals surface area contributed by atoms with Crippen molar-refractivity contribution >= 4 is 5.96 Å². The molecule has 0 saturated carbocycles. The van der Waals surface area contributed by atoms with E-state index in [1.165, 1.54) is 12.1 Å². The molecule has 1 unspecified atom stereocenters. The van der Waals surface area contributed by atoms with Gasteiger partial charge in [-0.05, 0) is 43.7 Å². The minimum atomic E-state index is -4.31. The molecule has 2 rings (SSSR count). The minimum absolute atomic E-state index is 0.0106. The Bertz CT molecular complexity index is 743. The summed E-state index contributed by atoms with van der Waals surface area (Å²) in [5.74, 6) is 0.740. The van der Waals surface area contributed by atoms with E-state index in [1.54, 1.807) is 18.7 Å². The Labute approximate surface area is 169 Å². The molecular formula is C20H29F3N6. The van der Waals surface area contributed by atoms with Crippen molar-refractivity contribution in [3.05, 3.63) is 48.0 Å². The van der Waals surface area contributed by atoms with E-state index < -0.39 is 11.7 Å². The van der Waals surface area contributed by atoms with Gasteiger partial charge in [0.1, 0.15) is 12.7 Å². The lowest BCUT2D eigenvalue weighted by atomic mass is 9.96. The number of aromatic nitrogens is 3. The van der Waals surface area contributed by atoms with Crippen molar-refractivity contribution in [2.45, 2.75) is 51.7 Å². The molecule has 0 amide bonds. The highest BCUT2D eigenvalue weighted by Crippen LogP contribution is 2.31. The van der Waals surface area contributed by atoms with Crippen LogP contribution in [0.15, 0.2) is 41.9 Å². The molecule has 0 radical (unpaired) electrons. The zero-order valence-electron chi connectivity index (χ0n) is 16.9. The van der Waals surface area contributed by atoms with Gasteiger partial charge < -0.3 is 15.2 Å². The average molecular weight is 410 g/mol. The highest BCUT2D eigenvalue weighted by Gasteiger charge is 2.30. The number of halogens is 3. The van der Waals surface area contributed by atoms with Gasteiger partial charge in [-0.2, -0.15) is 13.2 Å². The smallest absolute Gasteiger partial charge is 0.357 e. The number of unbranched alkanes of at least 4 members (excludes halogenated alkanes) is 1. The monoisotopic (exact) mass is 410 g/mol. The summed E-state index contributed by atoms with van der Waals surface area (Å²) in [6, 6.07) is 5.55. The number of aryl methyl sites for hydroxylation is 1. The molecule has 9 heteroatoms. The predicted octanol–water partition coefficient (Wildman–Crippen LogP) is 3.83. The summed E-state index contributed by atoms with van der Waals surface area (Å²) in [5, 5.41) is 14.0. The number of guanidine groups is 1. The number of rotatable bonds is 10. The van der Waals surface area contributed by atoms with Gasteiger partial charge in [-0.1, -0.05) is 25.1 Å². The molecule has 0 spiro atoms. The molecule has 0 aliphatic rings. The van der Waals surface area contributed by atoms with Crippen molar-refractivity contribution in [3.63, 3.8) is 0 Å². The molecule has 0 aliphatic carbocycles. The molecular weight excluding hydrogens is 381 g/mol. The fraction of sp³-hybridized carbons (Fsp3) is 0.550. The van der Waals surface area contributed by atoms with Crippen LogP contribution < -0.4 is 10.6 Å². The van der Waals surface area contributed by atoms with Crippen molar-refractivity contribution in [2.75, 3.05) is 19.6 Å². The first-order chi connectivity index (χ1) is 13.9. The van der Waals surface area contributed by atoms with Crippen LogP contribution in [0.1, 0.15) is 50.2 Å². The lowest BCUT2D eigenvalue weighted by molar-refractivity contribution is -0.137. The fourth-order valence-electron chi connectivity index (χ4n) is 2.87. The van der Waals surface area contributed by atoms with Gasteiger partial charge in [-0.3, -0.25) is 4.99 Å². The topological polar surface area (TPSA) is 67.1 Å². The summed E-state index contributed by atoms with van der Waals surface area (Å²) in [7, 11) is 0. The van der Waals surface area contributed by atoms with Gasteiger partial charge in [0.15, 0.2) is 5.96 Å². The third-order valence-electron chi connectivity index (χ3n) is 4.56. The van der Waals surface area contributed by atoms with E-state index in [9.17, 15) is 13.2 Å². The second-order valence-electron chi connectivity index (χ2n) is 6.91. The van der Waals surface area contributed by atoms with Gasteiger partial charge in [0, 0.05) is 26.2 Å². The number of alkyl halides is 3. The van der Waals surface area contributed by atoms with Crippen LogP contribution in [0.5, 0.6) is 0 Å². The summed E-state index contributed by atoms with van der Waals surface area (Å²) in [6.45, 7) is 6.86. The first kappa shape index (κ1) is 22.7. The summed E-state index contributed by atoms with van der Waals surface area (Å²) < 4.78 is 40.6. The van der Waals surface area contributed by atoms with Crippen LogP contribution in [0, 0.1) is 0 Å². The molecule has 0 fully saturated rings. The molecule has 0 saturated heterocycles. The predicted molar refractivity (Wildman–Crippen MR) is 108 cm³/mol. The average Bonchev–Trinajstić information content (AvgIpc) is 3.20. The Balaban J connectivity index is 1.76. The van der Waals surface area contributed by atoms with Crippen LogP contribution in [-0.2, 0) is 12.7 Å². The molecule has 1 atom stereocenters. The molecule has 0 bridgehead atoms. The molecule has 2 aromatic rings. The van der Waals surface area contributed by atoms with Crippen molar-refractivity contribution in [1.82, 2.24) is 25.4 Å². The number of aliphatic imine (C=N–C) groups is 1. The standard InChI is InChI=1S/C20H29F3N6/c1-3-24-19(25-10-4-5-12-29-14-27-28-15-29)26-11-9-16(2)17-7-6-8-18(13-17)20(21,22)23/h6-8,13-16H,3-5,9-12H2,1-2H3,(H2,24,25,26). The van der Waals surface area contributed by atoms with E-state index in [-0.39, 0.29) is 5.92 Å². The maximum atomic E-state index is 12.9. The molecule has 1 aromatic carbocycles. The molecule has 160 valence electrons. The van der Waals surface area contributed by atoms with E-state index in [0.29, 0.717) is 25.1 Å². The van der Waals surface area contributed by atoms with Gasteiger partial charge in [0.2, 0.25) is 0 Å².